The van der Waals surface area contributed by atoms with Crippen LogP contribution in [0, 0.1) is 11.7 Å². The Morgan fingerprint density at radius 2 is 1.59 bits per heavy atom. The quantitative estimate of drug-likeness (QED) is 0.301. The van der Waals surface area contributed by atoms with Crippen LogP contribution >= 0.6 is 0 Å². The molecule has 1 nitrogen and oxygen atoms in total. The van der Waals surface area contributed by atoms with Gasteiger partial charge >= 0.3 is 0 Å². The summed E-state index contributed by atoms with van der Waals surface area (Å²) in [5.74, 6) is 2.74. The van der Waals surface area contributed by atoms with Crippen LogP contribution in [0.3, 0.4) is 0 Å². The third-order valence-electron chi connectivity index (χ3n) is 8.42. The molecule has 1 atom stereocenters. The second-order valence-corrected chi connectivity index (χ2v) is 10.9. The third kappa shape index (κ3) is 6.64. The molecule has 2 aromatic carbocycles. The van der Waals surface area contributed by atoms with Crippen molar-refractivity contribution in [3.63, 3.8) is 0 Å². The van der Waals surface area contributed by atoms with Gasteiger partial charge in [-0.25, -0.2) is 4.39 Å². The van der Waals surface area contributed by atoms with Gasteiger partial charge in [0.15, 0.2) is 0 Å². The van der Waals surface area contributed by atoms with Gasteiger partial charge in [0.05, 0.1) is 6.61 Å². The molecule has 4 rings (SSSR count). The fraction of sp³-hybridized carbons (Fsp3) is 0.625. The van der Waals surface area contributed by atoms with Gasteiger partial charge in [0, 0.05) is 0 Å². The highest BCUT2D eigenvalue weighted by molar-refractivity contribution is 5.40. The molecule has 2 aliphatic carbocycles. The Kier molecular flexibility index (Phi) is 9.48. The second kappa shape index (κ2) is 12.8. The maximum atomic E-state index is 15.3. The van der Waals surface area contributed by atoms with Crippen molar-refractivity contribution in [2.24, 2.45) is 5.92 Å². The van der Waals surface area contributed by atoms with Crippen molar-refractivity contribution in [1.82, 2.24) is 0 Å². The van der Waals surface area contributed by atoms with Gasteiger partial charge in [0.1, 0.15) is 11.6 Å². The predicted octanol–water partition coefficient (Wildman–Crippen LogP) is 9.52. The Bertz CT molecular complexity index is 896. The number of aryl methyl sites for hydroxylation is 1. The average molecular weight is 465 g/mol. The number of rotatable bonds is 11. The van der Waals surface area contributed by atoms with Gasteiger partial charge in [-0.05, 0) is 110 Å². The number of unbranched alkanes of at least 4 members (excludes halogenated alkanes) is 4. The van der Waals surface area contributed by atoms with Gasteiger partial charge in [0.2, 0.25) is 0 Å². The molecule has 2 aliphatic rings. The third-order valence-corrected chi connectivity index (χ3v) is 8.42. The highest BCUT2D eigenvalue weighted by Crippen LogP contribution is 2.40. The van der Waals surface area contributed by atoms with E-state index in [-0.39, 0.29) is 11.7 Å². The molecule has 0 aliphatic heterocycles. The van der Waals surface area contributed by atoms with Crippen molar-refractivity contribution in [3.8, 4) is 5.75 Å². The minimum atomic E-state index is 0.0203. The summed E-state index contributed by atoms with van der Waals surface area (Å²) >= 11 is 0. The predicted molar refractivity (Wildman–Crippen MR) is 141 cm³/mol. The molecule has 2 heteroatoms. The van der Waals surface area contributed by atoms with Crippen molar-refractivity contribution < 1.29 is 9.13 Å². The maximum absolute atomic E-state index is 15.3. The minimum absolute atomic E-state index is 0.0203. The molecule has 0 saturated heterocycles. The summed E-state index contributed by atoms with van der Waals surface area (Å²) in [5, 5.41) is 0. The first-order chi connectivity index (χ1) is 16.7. The van der Waals surface area contributed by atoms with Crippen molar-refractivity contribution in [2.45, 2.75) is 116 Å². The topological polar surface area (TPSA) is 9.23 Å². The molecule has 1 saturated carbocycles. The zero-order chi connectivity index (χ0) is 23.8. The van der Waals surface area contributed by atoms with E-state index >= 15 is 4.39 Å². The molecular weight excluding hydrogens is 419 g/mol. The first kappa shape index (κ1) is 25.3. The van der Waals surface area contributed by atoms with Crippen LogP contribution in [0.1, 0.15) is 125 Å². The van der Waals surface area contributed by atoms with Gasteiger partial charge in [0.25, 0.3) is 0 Å². The maximum Gasteiger partial charge on any atom is 0.126 e. The number of hydrogen-bond acceptors (Lipinski definition) is 1. The van der Waals surface area contributed by atoms with Crippen LogP contribution in [0.25, 0.3) is 0 Å². The van der Waals surface area contributed by atoms with Crippen LogP contribution in [0.2, 0.25) is 0 Å². The van der Waals surface area contributed by atoms with Gasteiger partial charge < -0.3 is 4.74 Å². The van der Waals surface area contributed by atoms with E-state index < -0.39 is 0 Å². The van der Waals surface area contributed by atoms with E-state index in [0.717, 1.165) is 49.5 Å². The number of hydrogen-bond donors (Lipinski definition) is 0. The van der Waals surface area contributed by atoms with Crippen LogP contribution in [0.15, 0.2) is 36.4 Å². The molecular formula is C32H45FO. The lowest BCUT2D eigenvalue weighted by molar-refractivity contribution is 0.302. The standard InChI is InChI=1S/C32H45FO/c1-3-5-7-9-24-10-12-25(13-11-24)28-17-19-31(32(33)23-28)29-15-14-27-22-30(18-16-26(27)21-29)34-20-8-6-4-2/h16-19,22-25,29H,3-15,20-21H2,1-2H3. The Morgan fingerprint density at radius 3 is 2.35 bits per heavy atom. The van der Waals surface area contributed by atoms with Crippen LogP contribution in [-0.4, -0.2) is 6.61 Å². The number of ether oxygens (including phenoxy) is 1. The molecule has 0 heterocycles. The summed E-state index contributed by atoms with van der Waals surface area (Å²) in [6, 6.07) is 12.8. The summed E-state index contributed by atoms with van der Waals surface area (Å²) in [4.78, 5) is 0. The monoisotopic (exact) mass is 464 g/mol. The van der Waals surface area contributed by atoms with E-state index in [1.165, 1.54) is 80.9 Å². The fourth-order valence-corrected chi connectivity index (χ4v) is 6.22. The van der Waals surface area contributed by atoms with Crippen molar-refractivity contribution >= 4 is 0 Å². The summed E-state index contributed by atoms with van der Waals surface area (Å²) in [7, 11) is 0. The van der Waals surface area contributed by atoms with Crippen molar-refractivity contribution in [2.75, 3.05) is 6.61 Å². The molecule has 186 valence electrons. The largest absolute Gasteiger partial charge is 0.494 e. The summed E-state index contributed by atoms with van der Waals surface area (Å²) in [6.07, 6.45) is 17.1. The minimum Gasteiger partial charge on any atom is -0.494 e. The van der Waals surface area contributed by atoms with E-state index in [0.29, 0.717) is 5.92 Å². The molecule has 2 aromatic rings. The van der Waals surface area contributed by atoms with E-state index in [1.807, 2.05) is 6.07 Å². The van der Waals surface area contributed by atoms with Gasteiger partial charge in [-0.2, -0.15) is 0 Å². The number of benzene rings is 2. The molecule has 0 N–H and O–H groups in total. The van der Waals surface area contributed by atoms with E-state index in [2.05, 4.69) is 44.2 Å². The van der Waals surface area contributed by atoms with Crippen LogP contribution < -0.4 is 4.74 Å². The molecule has 1 fully saturated rings. The molecule has 1 unspecified atom stereocenters. The second-order valence-electron chi connectivity index (χ2n) is 10.9. The Morgan fingerprint density at radius 1 is 0.794 bits per heavy atom. The van der Waals surface area contributed by atoms with Crippen LogP contribution in [-0.2, 0) is 12.8 Å². The zero-order valence-electron chi connectivity index (χ0n) is 21.6. The molecule has 0 aromatic heterocycles. The smallest absolute Gasteiger partial charge is 0.126 e. The summed E-state index contributed by atoms with van der Waals surface area (Å²) in [5.41, 5.74) is 4.90. The molecule has 0 bridgehead atoms. The molecule has 0 radical (unpaired) electrons. The highest BCUT2D eigenvalue weighted by atomic mass is 19.1. The lowest BCUT2D eigenvalue weighted by Crippen LogP contribution is -2.16. The summed E-state index contributed by atoms with van der Waals surface area (Å²) < 4.78 is 21.2. The number of halogens is 1. The van der Waals surface area contributed by atoms with E-state index in [4.69, 9.17) is 4.74 Å². The summed E-state index contributed by atoms with van der Waals surface area (Å²) in [6.45, 7) is 5.29. The lowest BCUT2D eigenvalue weighted by atomic mass is 9.76. The van der Waals surface area contributed by atoms with Crippen molar-refractivity contribution in [3.05, 3.63) is 64.5 Å². The van der Waals surface area contributed by atoms with E-state index in [1.54, 1.807) is 0 Å². The normalized spacial score (nSPS) is 22.4. The molecule has 0 amide bonds. The van der Waals surface area contributed by atoms with Gasteiger partial charge in [-0.3, -0.25) is 0 Å². The van der Waals surface area contributed by atoms with Gasteiger partial charge in [-0.15, -0.1) is 0 Å². The van der Waals surface area contributed by atoms with Crippen LogP contribution in [0.4, 0.5) is 4.39 Å². The Balaban J connectivity index is 1.32. The highest BCUT2D eigenvalue weighted by Gasteiger charge is 2.26. The molecule has 34 heavy (non-hydrogen) atoms. The number of fused-ring (bicyclic) bond motifs is 1. The fourth-order valence-electron chi connectivity index (χ4n) is 6.22. The van der Waals surface area contributed by atoms with E-state index in [9.17, 15) is 0 Å². The zero-order valence-corrected chi connectivity index (χ0v) is 21.6. The Hall–Kier alpha value is -1.83. The first-order valence-electron chi connectivity index (χ1n) is 14.2. The first-order valence-corrected chi connectivity index (χ1v) is 14.2. The van der Waals surface area contributed by atoms with Crippen molar-refractivity contribution in [1.29, 1.82) is 0 Å². The van der Waals surface area contributed by atoms with Gasteiger partial charge in [-0.1, -0.05) is 70.6 Å². The SMILES string of the molecule is CCCCCOc1ccc2c(c1)CCC(c1ccc(C3CCC(CCCCC)CC3)cc1F)C2. The molecule has 0 spiro atoms. The lowest BCUT2D eigenvalue weighted by Gasteiger charge is -2.30. The van der Waals surface area contributed by atoms with Crippen LogP contribution in [0.5, 0.6) is 5.75 Å². The Labute approximate surface area is 207 Å². The average Bonchev–Trinajstić information content (AvgIpc) is 2.87.